The second-order valence-corrected chi connectivity index (χ2v) is 6.78. The van der Waals surface area contributed by atoms with Crippen LogP contribution in [0.15, 0.2) is 34.8 Å². The SMILES string of the molecule is CC(C)(C)c1cc(CN)cc(Oc2cc(F)cc(Br)c2)n1. The molecule has 0 radical (unpaired) electrons. The Morgan fingerprint density at radius 1 is 1.19 bits per heavy atom. The van der Waals surface area contributed by atoms with Gasteiger partial charge in [-0.15, -0.1) is 0 Å². The summed E-state index contributed by atoms with van der Waals surface area (Å²) in [6, 6.07) is 8.12. The van der Waals surface area contributed by atoms with Gasteiger partial charge in [0.05, 0.1) is 5.69 Å². The standard InChI is InChI=1S/C16H18BrFN2O/c1-16(2,3)14-4-10(9-19)5-15(20-14)21-13-7-11(17)6-12(18)8-13/h4-8H,9,19H2,1-3H3. The van der Waals surface area contributed by atoms with Gasteiger partial charge >= 0.3 is 0 Å². The first-order valence-electron chi connectivity index (χ1n) is 6.63. The highest BCUT2D eigenvalue weighted by molar-refractivity contribution is 9.10. The molecule has 0 aliphatic heterocycles. The molecule has 2 aromatic rings. The molecule has 1 aromatic carbocycles. The summed E-state index contributed by atoms with van der Waals surface area (Å²) in [5.74, 6) is 0.439. The Labute approximate surface area is 132 Å². The minimum atomic E-state index is -0.370. The molecule has 0 spiro atoms. The van der Waals surface area contributed by atoms with Gasteiger partial charge in [0.15, 0.2) is 0 Å². The number of hydrogen-bond acceptors (Lipinski definition) is 3. The van der Waals surface area contributed by atoms with Gasteiger partial charge in [0.25, 0.3) is 0 Å². The van der Waals surface area contributed by atoms with Gasteiger partial charge in [-0.25, -0.2) is 9.37 Å². The first-order valence-corrected chi connectivity index (χ1v) is 7.42. The van der Waals surface area contributed by atoms with Crippen LogP contribution in [-0.4, -0.2) is 4.98 Å². The third-order valence-electron chi connectivity index (χ3n) is 2.92. The molecule has 0 saturated carbocycles. The highest BCUT2D eigenvalue weighted by atomic mass is 79.9. The van der Waals surface area contributed by atoms with Crippen molar-refractivity contribution in [1.29, 1.82) is 0 Å². The van der Waals surface area contributed by atoms with Gasteiger partial charge < -0.3 is 10.5 Å². The van der Waals surface area contributed by atoms with Crippen molar-refractivity contribution < 1.29 is 9.13 Å². The van der Waals surface area contributed by atoms with Gasteiger partial charge in [0.2, 0.25) is 5.88 Å². The van der Waals surface area contributed by atoms with Crippen molar-refractivity contribution in [2.75, 3.05) is 0 Å². The summed E-state index contributed by atoms with van der Waals surface area (Å²) in [5, 5.41) is 0. The zero-order valence-electron chi connectivity index (χ0n) is 12.3. The lowest BCUT2D eigenvalue weighted by Gasteiger charge is -2.19. The Kier molecular flexibility index (Phi) is 4.64. The summed E-state index contributed by atoms with van der Waals surface area (Å²) >= 11 is 3.24. The molecule has 0 amide bonds. The monoisotopic (exact) mass is 352 g/mol. The van der Waals surface area contributed by atoms with Crippen molar-refractivity contribution in [2.45, 2.75) is 32.7 Å². The molecule has 5 heteroatoms. The van der Waals surface area contributed by atoms with Crippen LogP contribution in [0.1, 0.15) is 32.0 Å². The maximum Gasteiger partial charge on any atom is 0.219 e. The van der Waals surface area contributed by atoms with Gasteiger partial charge in [0.1, 0.15) is 11.6 Å². The van der Waals surface area contributed by atoms with Crippen LogP contribution in [0, 0.1) is 5.82 Å². The molecule has 0 unspecified atom stereocenters. The van der Waals surface area contributed by atoms with E-state index in [4.69, 9.17) is 10.5 Å². The molecule has 2 N–H and O–H groups in total. The van der Waals surface area contributed by atoms with Crippen LogP contribution in [0.3, 0.4) is 0 Å². The Hall–Kier alpha value is -1.46. The molecule has 0 atom stereocenters. The van der Waals surface area contributed by atoms with Crippen LogP contribution in [0.4, 0.5) is 4.39 Å². The first kappa shape index (κ1) is 15.9. The largest absolute Gasteiger partial charge is 0.439 e. The van der Waals surface area contributed by atoms with Crippen molar-refractivity contribution >= 4 is 15.9 Å². The third kappa shape index (κ3) is 4.25. The minimum absolute atomic E-state index is 0.119. The molecule has 2 rings (SSSR count). The van der Waals surface area contributed by atoms with Gasteiger partial charge in [-0.3, -0.25) is 0 Å². The number of nitrogens with zero attached hydrogens (tertiary/aromatic N) is 1. The van der Waals surface area contributed by atoms with Gasteiger partial charge in [-0.05, 0) is 23.8 Å². The molecule has 21 heavy (non-hydrogen) atoms. The predicted octanol–water partition coefficient (Wildman–Crippen LogP) is 4.53. The van der Waals surface area contributed by atoms with Crippen molar-refractivity contribution in [1.82, 2.24) is 4.98 Å². The number of ether oxygens (including phenoxy) is 1. The van der Waals surface area contributed by atoms with Crippen LogP contribution in [0.25, 0.3) is 0 Å². The van der Waals surface area contributed by atoms with E-state index in [9.17, 15) is 4.39 Å². The highest BCUT2D eigenvalue weighted by Crippen LogP contribution is 2.28. The maximum atomic E-state index is 13.4. The van der Waals surface area contributed by atoms with Crippen molar-refractivity contribution in [3.05, 3.63) is 51.9 Å². The topological polar surface area (TPSA) is 48.1 Å². The van der Waals surface area contributed by atoms with Crippen LogP contribution in [-0.2, 0) is 12.0 Å². The number of rotatable bonds is 3. The van der Waals surface area contributed by atoms with E-state index in [1.165, 1.54) is 12.1 Å². The van der Waals surface area contributed by atoms with E-state index in [0.29, 0.717) is 22.6 Å². The molecule has 0 saturated heterocycles. The zero-order valence-corrected chi connectivity index (χ0v) is 13.9. The molecule has 1 aromatic heterocycles. The number of benzene rings is 1. The minimum Gasteiger partial charge on any atom is -0.439 e. The summed E-state index contributed by atoms with van der Waals surface area (Å²) in [6.07, 6.45) is 0. The second-order valence-electron chi connectivity index (χ2n) is 5.86. The molecule has 112 valence electrons. The zero-order chi connectivity index (χ0) is 15.6. The molecule has 0 aliphatic carbocycles. The average molecular weight is 353 g/mol. The number of hydrogen-bond donors (Lipinski definition) is 1. The van der Waals surface area contributed by atoms with Crippen LogP contribution in [0.5, 0.6) is 11.6 Å². The Balaban J connectivity index is 2.39. The van der Waals surface area contributed by atoms with Crippen molar-refractivity contribution in [2.24, 2.45) is 5.73 Å². The Morgan fingerprint density at radius 2 is 1.90 bits per heavy atom. The summed E-state index contributed by atoms with van der Waals surface area (Å²) < 4.78 is 19.7. The Morgan fingerprint density at radius 3 is 2.48 bits per heavy atom. The van der Waals surface area contributed by atoms with E-state index < -0.39 is 0 Å². The fourth-order valence-corrected chi connectivity index (χ4v) is 2.27. The number of halogens is 2. The first-order chi connectivity index (χ1) is 9.77. The molecule has 0 fully saturated rings. The lowest BCUT2D eigenvalue weighted by atomic mass is 9.91. The molecule has 0 bridgehead atoms. The summed E-state index contributed by atoms with van der Waals surface area (Å²) in [7, 11) is 0. The smallest absolute Gasteiger partial charge is 0.219 e. The second kappa shape index (κ2) is 6.12. The summed E-state index contributed by atoms with van der Waals surface area (Å²) in [4.78, 5) is 4.49. The quantitative estimate of drug-likeness (QED) is 0.882. The van der Waals surface area contributed by atoms with E-state index in [1.54, 1.807) is 12.1 Å². The summed E-state index contributed by atoms with van der Waals surface area (Å²) in [5.41, 5.74) is 7.42. The van der Waals surface area contributed by atoms with E-state index in [2.05, 4.69) is 41.7 Å². The predicted molar refractivity (Wildman–Crippen MR) is 85.0 cm³/mol. The fraction of sp³-hybridized carbons (Fsp3) is 0.312. The van der Waals surface area contributed by atoms with E-state index in [0.717, 1.165) is 11.3 Å². The van der Waals surface area contributed by atoms with Crippen LogP contribution < -0.4 is 10.5 Å². The lowest BCUT2D eigenvalue weighted by molar-refractivity contribution is 0.446. The fourth-order valence-electron chi connectivity index (χ4n) is 1.82. The normalized spacial score (nSPS) is 11.5. The van der Waals surface area contributed by atoms with Crippen molar-refractivity contribution in [3.63, 3.8) is 0 Å². The van der Waals surface area contributed by atoms with Gasteiger partial charge in [-0.2, -0.15) is 0 Å². The average Bonchev–Trinajstić information content (AvgIpc) is 2.36. The van der Waals surface area contributed by atoms with Gasteiger partial charge in [-0.1, -0.05) is 36.7 Å². The van der Waals surface area contributed by atoms with E-state index >= 15 is 0 Å². The van der Waals surface area contributed by atoms with Gasteiger partial charge in [0, 0.05) is 28.6 Å². The third-order valence-corrected chi connectivity index (χ3v) is 3.38. The van der Waals surface area contributed by atoms with Crippen LogP contribution in [0.2, 0.25) is 0 Å². The molecule has 0 aliphatic rings. The number of nitrogens with two attached hydrogens (primary N) is 1. The van der Waals surface area contributed by atoms with E-state index in [1.807, 2.05) is 6.07 Å². The summed E-state index contributed by atoms with van der Waals surface area (Å²) in [6.45, 7) is 6.60. The highest BCUT2D eigenvalue weighted by Gasteiger charge is 2.17. The maximum absolute atomic E-state index is 13.4. The van der Waals surface area contributed by atoms with Crippen molar-refractivity contribution in [3.8, 4) is 11.6 Å². The lowest BCUT2D eigenvalue weighted by Crippen LogP contribution is -2.15. The molecule has 1 heterocycles. The molecular formula is C16H18BrFN2O. The molecular weight excluding hydrogens is 335 g/mol. The number of aromatic nitrogens is 1. The Bertz CT molecular complexity index is 633. The van der Waals surface area contributed by atoms with E-state index in [-0.39, 0.29) is 11.2 Å². The molecule has 3 nitrogen and oxygen atoms in total. The van der Waals surface area contributed by atoms with Crippen LogP contribution >= 0.6 is 15.9 Å². The number of pyridine rings is 1.